The van der Waals surface area contributed by atoms with Crippen LogP contribution in [0.1, 0.15) is 42.5 Å². The zero-order valence-electron chi connectivity index (χ0n) is 15.0. The van der Waals surface area contributed by atoms with E-state index in [1.54, 1.807) is 35.0 Å². The van der Waals surface area contributed by atoms with Crippen LogP contribution >= 0.6 is 23.2 Å². The lowest BCUT2D eigenvalue weighted by atomic mass is 9.95. The minimum atomic E-state index is -0.162. The van der Waals surface area contributed by atoms with E-state index in [4.69, 9.17) is 28.0 Å². The Bertz CT molecular complexity index is 1000. The van der Waals surface area contributed by atoms with Crippen LogP contribution in [-0.4, -0.2) is 26.5 Å². The first kappa shape index (κ1) is 18.8. The number of benzene rings is 1. The van der Waals surface area contributed by atoms with Crippen LogP contribution in [0.25, 0.3) is 5.65 Å². The van der Waals surface area contributed by atoms with Crippen LogP contribution < -0.4 is 15.6 Å². The average Bonchev–Trinajstić information content (AvgIpc) is 3.13. The van der Waals surface area contributed by atoms with Gasteiger partial charge in [-0.2, -0.15) is 5.10 Å². The molecule has 1 saturated carbocycles. The molecule has 0 unspecified atom stereocenters. The number of nitrogens with zero attached hydrogens (tertiary/aromatic N) is 3. The molecule has 1 aromatic carbocycles. The fourth-order valence-electron chi connectivity index (χ4n) is 3.27. The lowest BCUT2D eigenvalue weighted by molar-refractivity contribution is 0.0929. The molecular formula is C19H19Cl2N5O2. The van der Waals surface area contributed by atoms with Gasteiger partial charge >= 0.3 is 0 Å². The molecule has 0 aliphatic heterocycles. The molecular weight excluding hydrogens is 401 g/mol. The number of carbonyl (C=O) groups is 1. The molecule has 0 atom stereocenters. The molecule has 9 heteroatoms. The number of hydrogen-bond acceptors (Lipinski definition) is 5. The van der Waals surface area contributed by atoms with Gasteiger partial charge in [-0.25, -0.2) is 15.0 Å². The predicted octanol–water partition coefficient (Wildman–Crippen LogP) is 4.50. The number of halogens is 2. The molecule has 1 aliphatic carbocycles. The van der Waals surface area contributed by atoms with E-state index < -0.39 is 0 Å². The van der Waals surface area contributed by atoms with Crippen molar-refractivity contribution < 1.29 is 9.63 Å². The Morgan fingerprint density at radius 1 is 1.18 bits per heavy atom. The van der Waals surface area contributed by atoms with Crippen LogP contribution in [0.2, 0.25) is 10.0 Å². The quantitative estimate of drug-likeness (QED) is 0.594. The summed E-state index contributed by atoms with van der Waals surface area (Å²) in [4.78, 5) is 22.6. The van der Waals surface area contributed by atoms with Gasteiger partial charge in [-0.3, -0.25) is 4.79 Å². The van der Waals surface area contributed by atoms with E-state index in [1.807, 2.05) is 0 Å². The maximum atomic E-state index is 12.7. The summed E-state index contributed by atoms with van der Waals surface area (Å²) in [5.41, 5.74) is 3.60. The number of fused-ring (bicyclic) bond motifs is 1. The number of anilines is 1. The first-order valence-electron chi connectivity index (χ1n) is 9.14. The molecule has 1 aliphatic rings. The lowest BCUT2D eigenvalue weighted by Crippen LogP contribution is -2.36. The second-order valence-corrected chi connectivity index (χ2v) is 7.49. The Morgan fingerprint density at radius 3 is 2.82 bits per heavy atom. The van der Waals surface area contributed by atoms with Crippen LogP contribution in [0.3, 0.4) is 0 Å². The summed E-state index contributed by atoms with van der Waals surface area (Å²) < 4.78 is 1.55. The highest BCUT2D eigenvalue weighted by molar-refractivity contribution is 6.42. The fourth-order valence-corrected chi connectivity index (χ4v) is 3.60. The van der Waals surface area contributed by atoms with E-state index >= 15 is 0 Å². The van der Waals surface area contributed by atoms with Crippen molar-refractivity contribution in [2.75, 3.05) is 5.48 Å². The minimum Gasteiger partial charge on any atom is -0.379 e. The van der Waals surface area contributed by atoms with Gasteiger partial charge in [0.15, 0.2) is 17.2 Å². The molecule has 1 amide bonds. The van der Waals surface area contributed by atoms with Gasteiger partial charge in [-0.1, -0.05) is 48.5 Å². The van der Waals surface area contributed by atoms with Crippen molar-refractivity contribution in [3.8, 4) is 5.75 Å². The van der Waals surface area contributed by atoms with Gasteiger partial charge in [-0.15, -0.1) is 0 Å². The molecule has 0 bridgehead atoms. The largest absolute Gasteiger partial charge is 0.379 e. The van der Waals surface area contributed by atoms with Crippen molar-refractivity contribution in [1.29, 1.82) is 0 Å². The molecule has 7 nitrogen and oxygen atoms in total. The zero-order valence-corrected chi connectivity index (χ0v) is 16.5. The first-order valence-corrected chi connectivity index (χ1v) is 9.89. The van der Waals surface area contributed by atoms with Gasteiger partial charge in [0, 0.05) is 18.3 Å². The number of hydrogen-bond donors (Lipinski definition) is 2. The van der Waals surface area contributed by atoms with Gasteiger partial charge in [0.05, 0.1) is 11.2 Å². The van der Waals surface area contributed by atoms with E-state index in [0.29, 0.717) is 32.8 Å². The Hall–Kier alpha value is -2.51. The number of amides is 1. The monoisotopic (exact) mass is 419 g/mol. The summed E-state index contributed by atoms with van der Waals surface area (Å²) in [6, 6.07) is 6.98. The normalized spacial score (nSPS) is 14.8. The molecule has 0 spiro atoms. The van der Waals surface area contributed by atoms with Crippen LogP contribution in [0.5, 0.6) is 5.75 Å². The van der Waals surface area contributed by atoms with Crippen LogP contribution in [0.15, 0.2) is 36.7 Å². The van der Waals surface area contributed by atoms with Crippen LogP contribution in [0, 0.1) is 0 Å². The molecule has 2 aromatic heterocycles. The predicted molar refractivity (Wildman–Crippen MR) is 108 cm³/mol. The smallest absolute Gasteiger partial charge is 0.256 e. The third-order valence-corrected chi connectivity index (χ3v) is 5.54. The summed E-state index contributed by atoms with van der Waals surface area (Å²) in [6.45, 7) is 0. The number of nitrogens with one attached hydrogen (secondary N) is 2. The Balaban J connectivity index is 1.50. The fraction of sp³-hybridized carbons (Fsp3) is 0.316. The number of aromatic nitrogens is 3. The Kier molecular flexibility index (Phi) is 5.54. The van der Waals surface area contributed by atoms with Gasteiger partial charge in [-0.05, 0) is 25.0 Å². The highest BCUT2D eigenvalue weighted by Gasteiger charge is 2.20. The van der Waals surface area contributed by atoms with Crippen LogP contribution in [-0.2, 0) is 0 Å². The Labute approximate surface area is 171 Å². The SMILES string of the molecule is O=C(NC1CCCCC1)c1cnn2ccc(NOc3cccc(Cl)c3Cl)nc12. The molecule has 3 aromatic rings. The minimum absolute atomic E-state index is 0.162. The molecule has 28 heavy (non-hydrogen) atoms. The molecule has 4 rings (SSSR count). The summed E-state index contributed by atoms with van der Waals surface area (Å²) >= 11 is 12.1. The van der Waals surface area contributed by atoms with Gasteiger partial charge in [0.25, 0.3) is 5.91 Å². The highest BCUT2D eigenvalue weighted by Crippen LogP contribution is 2.31. The second kappa shape index (κ2) is 8.24. The van der Waals surface area contributed by atoms with E-state index in [1.165, 1.54) is 12.6 Å². The maximum Gasteiger partial charge on any atom is 0.256 e. The number of rotatable bonds is 5. The van der Waals surface area contributed by atoms with Crippen molar-refractivity contribution in [3.05, 3.63) is 52.3 Å². The summed E-state index contributed by atoms with van der Waals surface area (Å²) in [5.74, 6) is 0.626. The second-order valence-electron chi connectivity index (χ2n) is 6.70. The molecule has 0 radical (unpaired) electrons. The molecule has 2 heterocycles. The highest BCUT2D eigenvalue weighted by atomic mass is 35.5. The topological polar surface area (TPSA) is 80.6 Å². The van der Waals surface area contributed by atoms with Crippen molar-refractivity contribution in [2.45, 2.75) is 38.1 Å². The number of carbonyl (C=O) groups excluding carboxylic acids is 1. The third-order valence-electron chi connectivity index (χ3n) is 4.74. The van der Waals surface area contributed by atoms with E-state index in [-0.39, 0.29) is 11.9 Å². The summed E-state index contributed by atoms with van der Waals surface area (Å²) in [7, 11) is 0. The average molecular weight is 420 g/mol. The molecule has 0 saturated heterocycles. The van der Waals surface area contributed by atoms with Crippen LogP contribution in [0.4, 0.5) is 5.82 Å². The first-order chi connectivity index (χ1) is 13.6. The molecule has 2 N–H and O–H groups in total. The summed E-state index contributed by atoms with van der Waals surface area (Å²) in [5, 5.41) is 7.98. The summed E-state index contributed by atoms with van der Waals surface area (Å²) in [6.07, 6.45) is 8.78. The maximum absolute atomic E-state index is 12.7. The van der Waals surface area contributed by atoms with Gasteiger partial charge < -0.3 is 10.2 Å². The van der Waals surface area contributed by atoms with Gasteiger partial charge in [0.2, 0.25) is 0 Å². The van der Waals surface area contributed by atoms with E-state index in [2.05, 4.69) is 20.9 Å². The van der Waals surface area contributed by atoms with Crippen molar-refractivity contribution in [1.82, 2.24) is 19.9 Å². The molecule has 1 fully saturated rings. The van der Waals surface area contributed by atoms with Crippen molar-refractivity contribution >= 4 is 40.6 Å². The van der Waals surface area contributed by atoms with Crippen molar-refractivity contribution in [3.63, 3.8) is 0 Å². The lowest BCUT2D eigenvalue weighted by Gasteiger charge is -2.22. The van der Waals surface area contributed by atoms with Crippen molar-refractivity contribution in [2.24, 2.45) is 0 Å². The standard InChI is InChI=1S/C19H19Cl2N5O2/c20-14-7-4-8-15(17(14)21)28-25-16-9-10-26-18(24-16)13(11-22-26)19(27)23-12-5-2-1-3-6-12/h4,7-12H,1-3,5-6H2,(H,23,27)(H,24,25). The third kappa shape index (κ3) is 4.00. The Morgan fingerprint density at radius 2 is 2.00 bits per heavy atom. The van der Waals surface area contributed by atoms with E-state index in [0.717, 1.165) is 25.7 Å². The zero-order chi connectivity index (χ0) is 19.5. The van der Waals surface area contributed by atoms with E-state index in [9.17, 15) is 4.79 Å². The van der Waals surface area contributed by atoms with Gasteiger partial charge in [0.1, 0.15) is 10.6 Å². The molecule has 146 valence electrons.